The van der Waals surface area contributed by atoms with Gasteiger partial charge in [0.05, 0.1) is 30.1 Å². The molecule has 1 fully saturated rings. The van der Waals surface area contributed by atoms with Crippen molar-refractivity contribution in [2.45, 2.75) is 20.3 Å². The molecule has 8 nitrogen and oxygen atoms in total. The molecule has 1 atom stereocenters. The lowest BCUT2D eigenvalue weighted by molar-refractivity contribution is -0.125. The zero-order valence-electron chi connectivity index (χ0n) is 18.9. The second-order valence-electron chi connectivity index (χ2n) is 8.21. The Labute approximate surface area is 193 Å². The van der Waals surface area contributed by atoms with E-state index in [0.717, 1.165) is 28.9 Å². The molecule has 0 spiro atoms. The molecule has 0 radical (unpaired) electrons. The molecule has 1 saturated heterocycles. The number of carbonyl (C=O) groups is 1. The molecule has 0 bridgehead atoms. The van der Waals surface area contributed by atoms with Gasteiger partial charge in [-0.15, -0.1) is 6.42 Å². The van der Waals surface area contributed by atoms with Gasteiger partial charge in [-0.3, -0.25) is 4.79 Å². The van der Waals surface area contributed by atoms with E-state index < -0.39 is 0 Å². The van der Waals surface area contributed by atoms with Crippen LogP contribution in [0.2, 0.25) is 0 Å². The largest absolute Gasteiger partial charge is 0.492 e. The highest BCUT2D eigenvalue weighted by molar-refractivity contribution is 5.93. The standard InChI is InChI=1S/C25H26N6O2/c1-4-18(3)17-33-21-12-22(25-20(13-26)15-28-31(25)16-21)19-6-7-23(27-14-19)29-8-10-30(11-9-29)24(32)5-2/h2,6-7,12,14-16,18H,4,8-11,17H2,1,3H3. The van der Waals surface area contributed by atoms with Crippen LogP contribution in [0.4, 0.5) is 5.82 Å². The summed E-state index contributed by atoms with van der Waals surface area (Å²) < 4.78 is 7.70. The molecule has 0 aliphatic carbocycles. The minimum Gasteiger partial charge on any atom is -0.492 e. The van der Waals surface area contributed by atoms with E-state index in [1.54, 1.807) is 28.0 Å². The first-order valence-electron chi connectivity index (χ1n) is 11.0. The minimum absolute atomic E-state index is 0.272. The van der Waals surface area contributed by atoms with Crippen molar-refractivity contribution < 1.29 is 9.53 Å². The number of anilines is 1. The number of fused-ring (bicyclic) bond motifs is 1. The van der Waals surface area contributed by atoms with Crippen molar-refractivity contribution in [3.63, 3.8) is 0 Å². The Morgan fingerprint density at radius 1 is 1.27 bits per heavy atom. The summed E-state index contributed by atoms with van der Waals surface area (Å²) in [5, 5.41) is 13.9. The number of hydrogen-bond acceptors (Lipinski definition) is 6. The number of nitrogens with zero attached hydrogens (tertiary/aromatic N) is 6. The first kappa shape index (κ1) is 22.2. The molecule has 1 unspecified atom stereocenters. The molecule has 4 rings (SSSR count). The predicted octanol–water partition coefficient (Wildman–Crippen LogP) is 2.97. The fourth-order valence-corrected chi connectivity index (χ4v) is 3.80. The summed E-state index contributed by atoms with van der Waals surface area (Å²) in [7, 11) is 0. The Morgan fingerprint density at radius 3 is 2.70 bits per heavy atom. The van der Waals surface area contributed by atoms with Crippen LogP contribution in [0.3, 0.4) is 0 Å². The molecule has 3 aromatic heterocycles. The monoisotopic (exact) mass is 442 g/mol. The fraction of sp³-hybridized carbons (Fsp3) is 0.360. The van der Waals surface area contributed by atoms with Gasteiger partial charge in [-0.25, -0.2) is 9.50 Å². The maximum atomic E-state index is 11.7. The molecule has 8 heteroatoms. The van der Waals surface area contributed by atoms with E-state index in [-0.39, 0.29) is 5.91 Å². The molecule has 3 aromatic rings. The van der Waals surface area contributed by atoms with Crippen LogP contribution in [0.15, 0.2) is 36.8 Å². The molecule has 168 valence electrons. The highest BCUT2D eigenvalue weighted by Crippen LogP contribution is 2.31. The fourth-order valence-electron chi connectivity index (χ4n) is 3.80. The smallest absolute Gasteiger partial charge is 0.298 e. The third kappa shape index (κ3) is 4.61. The average Bonchev–Trinajstić information content (AvgIpc) is 3.29. The maximum Gasteiger partial charge on any atom is 0.298 e. The molecule has 1 aliphatic rings. The van der Waals surface area contributed by atoms with Gasteiger partial charge >= 0.3 is 0 Å². The number of aromatic nitrogens is 3. The highest BCUT2D eigenvalue weighted by Gasteiger charge is 2.21. The first-order valence-corrected chi connectivity index (χ1v) is 11.0. The van der Waals surface area contributed by atoms with Crippen LogP contribution < -0.4 is 9.64 Å². The maximum absolute atomic E-state index is 11.7. The summed E-state index contributed by atoms with van der Waals surface area (Å²) >= 11 is 0. The molecular formula is C25H26N6O2. The normalized spacial score (nSPS) is 14.5. The number of rotatable bonds is 6. The van der Waals surface area contributed by atoms with Crippen LogP contribution in [0, 0.1) is 29.6 Å². The predicted molar refractivity (Wildman–Crippen MR) is 126 cm³/mol. The van der Waals surface area contributed by atoms with E-state index in [9.17, 15) is 10.1 Å². The van der Waals surface area contributed by atoms with Crippen molar-refractivity contribution in [3.05, 3.63) is 42.4 Å². The second-order valence-corrected chi connectivity index (χ2v) is 8.21. The van der Waals surface area contributed by atoms with Gasteiger partial charge in [0, 0.05) is 43.5 Å². The molecule has 4 heterocycles. The van der Waals surface area contributed by atoms with Crippen LogP contribution in [0.1, 0.15) is 25.8 Å². The van der Waals surface area contributed by atoms with Crippen molar-refractivity contribution in [2.24, 2.45) is 5.92 Å². The van der Waals surface area contributed by atoms with Crippen molar-refractivity contribution in [3.8, 4) is 35.3 Å². The Kier molecular flexibility index (Phi) is 6.46. The summed E-state index contributed by atoms with van der Waals surface area (Å²) in [6.07, 6.45) is 11.4. The quantitative estimate of drug-likeness (QED) is 0.546. The molecule has 33 heavy (non-hydrogen) atoms. The lowest BCUT2D eigenvalue weighted by Crippen LogP contribution is -2.48. The first-order chi connectivity index (χ1) is 16.0. The third-order valence-corrected chi connectivity index (χ3v) is 6.01. The molecular weight excluding hydrogens is 416 g/mol. The summed E-state index contributed by atoms with van der Waals surface area (Å²) in [6, 6.07) is 8.11. The van der Waals surface area contributed by atoms with Crippen molar-refractivity contribution in [1.29, 1.82) is 5.26 Å². The van der Waals surface area contributed by atoms with E-state index in [1.807, 2.05) is 18.2 Å². The molecule has 0 aromatic carbocycles. The Bertz CT molecular complexity index is 1230. The summed E-state index contributed by atoms with van der Waals surface area (Å²) in [5.74, 6) is 3.87. The average molecular weight is 443 g/mol. The number of nitriles is 1. The number of piperazine rings is 1. The van der Waals surface area contributed by atoms with Crippen molar-refractivity contribution >= 4 is 17.2 Å². The highest BCUT2D eigenvalue weighted by atomic mass is 16.5. The zero-order valence-corrected chi connectivity index (χ0v) is 18.9. The molecule has 0 saturated carbocycles. The van der Waals surface area contributed by atoms with Crippen LogP contribution in [0.5, 0.6) is 5.75 Å². The van der Waals surface area contributed by atoms with Crippen molar-refractivity contribution in [2.75, 3.05) is 37.7 Å². The van der Waals surface area contributed by atoms with E-state index in [4.69, 9.17) is 11.2 Å². The summed E-state index contributed by atoms with van der Waals surface area (Å²) in [4.78, 5) is 20.2. The Morgan fingerprint density at radius 2 is 2.06 bits per heavy atom. The van der Waals surface area contributed by atoms with Crippen LogP contribution in [-0.2, 0) is 4.79 Å². The van der Waals surface area contributed by atoms with Gasteiger partial charge in [-0.2, -0.15) is 10.4 Å². The molecule has 0 N–H and O–H groups in total. The van der Waals surface area contributed by atoms with E-state index >= 15 is 0 Å². The number of carbonyl (C=O) groups excluding carboxylic acids is 1. The zero-order chi connectivity index (χ0) is 23.4. The van der Waals surface area contributed by atoms with Gasteiger partial charge in [0.1, 0.15) is 17.6 Å². The topological polar surface area (TPSA) is 86.8 Å². The van der Waals surface area contributed by atoms with Gasteiger partial charge < -0.3 is 14.5 Å². The number of hydrogen-bond donors (Lipinski definition) is 0. The minimum atomic E-state index is -0.272. The summed E-state index contributed by atoms with van der Waals surface area (Å²) in [6.45, 7) is 7.38. The van der Waals surface area contributed by atoms with Crippen LogP contribution in [-0.4, -0.2) is 58.2 Å². The van der Waals surface area contributed by atoms with Crippen molar-refractivity contribution in [1.82, 2.24) is 19.5 Å². The number of amides is 1. The lowest BCUT2D eigenvalue weighted by Gasteiger charge is -2.34. The molecule has 1 aliphatic heterocycles. The number of ether oxygens (including phenoxy) is 1. The SMILES string of the molecule is C#CC(=O)N1CCN(c2ccc(-c3cc(OCC(C)CC)cn4ncc(C#N)c34)cn2)CC1. The molecule has 1 amide bonds. The van der Waals surface area contributed by atoms with Gasteiger partial charge in [-0.1, -0.05) is 20.3 Å². The second kappa shape index (κ2) is 9.62. The Balaban J connectivity index is 1.60. The number of terminal acetylenes is 1. The van der Waals surface area contributed by atoms with Gasteiger partial charge in [-0.05, 0) is 30.0 Å². The van der Waals surface area contributed by atoms with Crippen LogP contribution in [0.25, 0.3) is 16.6 Å². The van der Waals surface area contributed by atoms with E-state index in [2.05, 4.69) is 40.8 Å². The van der Waals surface area contributed by atoms with E-state index in [0.29, 0.717) is 50.0 Å². The third-order valence-electron chi connectivity index (χ3n) is 6.01. The van der Waals surface area contributed by atoms with E-state index in [1.165, 1.54) is 0 Å². The van der Waals surface area contributed by atoms with Crippen LogP contribution >= 0.6 is 0 Å². The van der Waals surface area contributed by atoms with Gasteiger partial charge in [0.25, 0.3) is 5.91 Å². The lowest BCUT2D eigenvalue weighted by atomic mass is 10.1. The van der Waals surface area contributed by atoms with Gasteiger partial charge in [0.2, 0.25) is 0 Å². The number of pyridine rings is 2. The summed E-state index contributed by atoms with van der Waals surface area (Å²) in [5.41, 5.74) is 2.94. The Hall–Kier alpha value is -4.04. The van der Waals surface area contributed by atoms with Gasteiger partial charge in [0.15, 0.2) is 0 Å².